The largest absolute Gasteiger partial charge is 0.352 e. The number of benzene rings is 3. The highest BCUT2D eigenvalue weighted by atomic mass is 79.9. The van der Waals surface area contributed by atoms with Crippen molar-refractivity contribution in [3.05, 3.63) is 106 Å². The molecule has 3 aromatic carbocycles. The highest BCUT2D eigenvalue weighted by Crippen LogP contribution is 2.18. The number of halogens is 1. The first-order chi connectivity index (χ1) is 16.0. The van der Waals surface area contributed by atoms with E-state index in [0.717, 1.165) is 27.6 Å². The number of hydrogen-bond acceptors (Lipinski definition) is 2. The van der Waals surface area contributed by atoms with E-state index in [1.165, 1.54) is 0 Å². The smallest absolute Gasteiger partial charge is 0.243 e. The lowest BCUT2D eigenvalue weighted by atomic mass is 10.0. The summed E-state index contributed by atoms with van der Waals surface area (Å²) in [7, 11) is 0. The molecule has 2 atom stereocenters. The molecule has 0 aliphatic heterocycles. The second-order valence-electron chi connectivity index (χ2n) is 8.33. The lowest BCUT2D eigenvalue weighted by Crippen LogP contribution is -2.52. The fourth-order valence-electron chi connectivity index (χ4n) is 3.65. The second kappa shape index (κ2) is 12.4. The molecule has 0 saturated heterocycles. The van der Waals surface area contributed by atoms with Gasteiger partial charge in [0.25, 0.3) is 0 Å². The van der Waals surface area contributed by atoms with Gasteiger partial charge in [-0.1, -0.05) is 95.7 Å². The van der Waals surface area contributed by atoms with Crippen molar-refractivity contribution in [2.24, 2.45) is 0 Å². The van der Waals surface area contributed by atoms with Crippen molar-refractivity contribution in [3.63, 3.8) is 0 Å². The van der Waals surface area contributed by atoms with E-state index in [4.69, 9.17) is 0 Å². The highest BCUT2D eigenvalue weighted by Gasteiger charge is 2.30. The molecule has 4 nitrogen and oxygen atoms in total. The van der Waals surface area contributed by atoms with Crippen LogP contribution in [0, 0.1) is 0 Å². The molecule has 0 spiro atoms. The monoisotopic (exact) mass is 506 g/mol. The summed E-state index contributed by atoms with van der Waals surface area (Å²) in [5, 5.41) is 3.10. The van der Waals surface area contributed by atoms with E-state index in [-0.39, 0.29) is 24.3 Å². The predicted octanol–water partition coefficient (Wildman–Crippen LogP) is 5.55. The summed E-state index contributed by atoms with van der Waals surface area (Å²) in [4.78, 5) is 28.8. The van der Waals surface area contributed by atoms with Crippen molar-refractivity contribution in [1.29, 1.82) is 0 Å². The summed E-state index contributed by atoms with van der Waals surface area (Å²) >= 11 is 3.47. The van der Waals surface area contributed by atoms with Gasteiger partial charge in [0.2, 0.25) is 11.8 Å². The summed E-state index contributed by atoms with van der Waals surface area (Å²) in [5.74, 6) is -0.184. The van der Waals surface area contributed by atoms with E-state index in [1.54, 1.807) is 4.90 Å². The van der Waals surface area contributed by atoms with Crippen molar-refractivity contribution < 1.29 is 9.59 Å². The van der Waals surface area contributed by atoms with Gasteiger partial charge in [0.1, 0.15) is 6.04 Å². The number of carbonyl (C=O) groups is 2. The number of nitrogens with one attached hydrogen (secondary N) is 1. The van der Waals surface area contributed by atoms with Crippen molar-refractivity contribution in [2.75, 3.05) is 0 Å². The lowest BCUT2D eigenvalue weighted by molar-refractivity contribution is -0.141. The maximum absolute atomic E-state index is 13.6. The Morgan fingerprint density at radius 3 is 2.00 bits per heavy atom. The minimum atomic E-state index is -0.610. The Labute approximate surface area is 205 Å². The molecule has 3 rings (SSSR count). The average molecular weight is 507 g/mol. The molecule has 33 heavy (non-hydrogen) atoms. The lowest BCUT2D eigenvalue weighted by Gasteiger charge is -2.32. The van der Waals surface area contributed by atoms with Crippen LogP contribution in [0.25, 0.3) is 0 Å². The van der Waals surface area contributed by atoms with E-state index in [1.807, 2.05) is 98.8 Å². The highest BCUT2D eigenvalue weighted by molar-refractivity contribution is 9.10. The Bertz CT molecular complexity index is 1020. The van der Waals surface area contributed by atoms with Crippen LogP contribution in [0.4, 0.5) is 0 Å². The van der Waals surface area contributed by atoms with Gasteiger partial charge in [-0.3, -0.25) is 9.59 Å². The Morgan fingerprint density at radius 2 is 1.42 bits per heavy atom. The molecule has 1 N–H and O–H groups in total. The van der Waals surface area contributed by atoms with E-state index in [2.05, 4.69) is 21.2 Å². The van der Waals surface area contributed by atoms with Crippen LogP contribution in [0.1, 0.15) is 37.0 Å². The van der Waals surface area contributed by atoms with Gasteiger partial charge in [0.15, 0.2) is 0 Å². The quantitative estimate of drug-likeness (QED) is 0.392. The third kappa shape index (κ3) is 7.57. The topological polar surface area (TPSA) is 49.4 Å². The van der Waals surface area contributed by atoms with Gasteiger partial charge in [-0.15, -0.1) is 0 Å². The molecule has 0 bridgehead atoms. The number of rotatable bonds is 10. The van der Waals surface area contributed by atoms with E-state index in [0.29, 0.717) is 13.0 Å². The van der Waals surface area contributed by atoms with Crippen molar-refractivity contribution in [1.82, 2.24) is 10.2 Å². The molecule has 5 heteroatoms. The van der Waals surface area contributed by atoms with Crippen molar-refractivity contribution >= 4 is 27.7 Å². The first-order valence-electron chi connectivity index (χ1n) is 11.4. The molecule has 172 valence electrons. The first-order valence-corrected chi connectivity index (χ1v) is 12.2. The van der Waals surface area contributed by atoms with Crippen LogP contribution in [-0.4, -0.2) is 28.8 Å². The predicted molar refractivity (Wildman–Crippen MR) is 137 cm³/mol. The maximum atomic E-state index is 13.6. The molecular weight excluding hydrogens is 476 g/mol. The Balaban J connectivity index is 1.95. The molecule has 0 fully saturated rings. The van der Waals surface area contributed by atoms with Crippen LogP contribution in [0.5, 0.6) is 0 Å². The molecule has 0 saturated carbocycles. The van der Waals surface area contributed by atoms with Gasteiger partial charge < -0.3 is 10.2 Å². The third-order valence-corrected chi connectivity index (χ3v) is 6.27. The van der Waals surface area contributed by atoms with E-state index in [9.17, 15) is 9.59 Å². The van der Waals surface area contributed by atoms with Crippen LogP contribution in [0.2, 0.25) is 0 Å². The Kier molecular flexibility index (Phi) is 9.25. The standard InChI is InChI=1S/C28H31BrN2O2/c1-3-21(2)30-28(33)26(18-22-10-6-4-7-11-22)31(20-24-14-16-25(29)17-15-24)27(32)19-23-12-8-5-9-13-23/h4-17,21,26H,3,18-20H2,1-2H3,(H,30,33)/t21-,26+/m0/s1. The summed E-state index contributed by atoms with van der Waals surface area (Å²) < 4.78 is 0.976. The summed E-state index contributed by atoms with van der Waals surface area (Å²) in [6.07, 6.45) is 1.54. The Morgan fingerprint density at radius 1 is 0.848 bits per heavy atom. The summed E-state index contributed by atoms with van der Waals surface area (Å²) in [5.41, 5.74) is 2.94. The van der Waals surface area contributed by atoms with Gasteiger partial charge in [0.05, 0.1) is 6.42 Å². The van der Waals surface area contributed by atoms with Gasteiger partial charge >= 0.3 is 0 Å². The zero-order chi connectivity index (χ0) is 23.6. The fraction of sp³-hybridized carbons (Fsp3) is 0.286. The third-order valence-electron chi connectivity index (χ3n) is 5.74. The van der Waals surface area contributed by atoms with Gasteiger partial charge in [-0.25, -0.2) is 0 Å². The second-order valence-corrected chi connectivity index (χ2v) is 9.25. The molecule has 2 amide bonds. The maximum Gasteiger partial charge on any atom is 0.243 e. The number of nitrogens with zero attached hydrogens (tertiary/aromatic N) is 1. The van der Waals surface area contributed by atoms with Crippen LogP contribution in [0.15, 0.2) is 89.4 Å². The molecule has 0 radical (unpaired) electrons. The average Bonchev–Trinajstić information content (AvgIpc) is 2.83. The van der Waals surface area contributed by atoms with E-state index >= 15 is 0 Å². The number of amides is 2. The SMILES string of the molecule is CC[C@H](C)NC(=O)[C@@H](Cc1ccccc1)N(Cc1ccc(Br)cc1)C(=O)Cc1ccccc1. The fourth-order valence-corrected chi connectivity index (χ4v) is 3.92. The molecule has 0 aliphatic rings. The zero-order valence-corrected chi connectivity index (χ0v) is 20.8. The van der Waals surface area contributed by atoms with Crippen LogP contribution in [-0.2, 0) is 29.0 Å². The van der Waals surface area contributed by atoms with Crippen molar-refractivity contribution in [3.8, 4) is 0 Å². The van der Waals surface area contributed by atoms with Crippen LogP contribution >= 0.6 is 15.9 Å². The minimum Gasteiger partial charge on any atom is -0.352 e. The molecule has 3 aromatic rings. The van der Waals surface area contributed by atoms with Gasteiger partial charge in [-0.2, -0.15) is 0 Å². The van der Waals surface area contributed by atoms with Crippen LogP contribution in [0.3, 0.4) is 0 Å². The molecule has 0 heterocycles. The minimum absolute atomic E-state index is 0.0366. The number of hydrogen-bond donors (Lipinski definition) is 1. The van der Waals surface area contributed by atoms with Gasteiger partial charge in [0, 0.05) is 23.5 Å². The number of carbonyl (C=O) groups excluding carboxylic acids is 2. The molecule has 0 aromatic heterocycles. The molecular formula is C28H31BrN2O2. The summed E-state index contributed by atoms with van der Waals surface area (Å²) in [6, 6.07) is 26.9. The normalized spacial score (nSPS) is 12.6. The van der Waals surface area contributed by atoms with Gasteiger partial charge in [-0.05, 0) is 42.2 Å². The molecule has 0 unspecified atom stereocenters. The van der Waals surface area contributed by atoms with Crippen molar-refractivity contribution in [2.45, 2.75) is 51.7 Å². The van der Waals surface area contributed by atoms with Crippen LogP contribution < -0.4 is 5.32 Å². The zero-order valence-electron chi connectivity index (χ0n) is 19.2. The Hall–Kier alpha value is -2.92. The first kappa shape index (κ1) is 24.7. The summed E-state index contributed by atoms with van der Waals surface area (Å²) in [6.45, 7) is 4.39. The van der Waals surface area contributed by atoms with E-state index < -0.39 is 6.04 Å². The molecule has 0 aliphatic carbocycles.